The molecule has 1 aromatic carbocycles. The van der Waals surface area contributed by atoms with Crippen molar-refractivity contribution < 1.29 is 0 Å². The summed E-state index contributed by atoms with van der Waals surface area (Å²) in [7, 11) is 0. The lowest BCUT2D eigenvalue weighted by Gasteiger charge is -2.15. The van der Waals surface area contributed by atoms with Gasteiger partial charge in [-0.2, -0.15) is 0 Å². The van der Waals surface area contributed by atoms with Gasteiger partial charge < -0.3 is 5.73 Å². The highest BCUT2D eigenvalue weighted by Gasteiger charge is 2.19. The van der Waals surface area contributed by atoms with Crippen molar-refractivity contribution in [1.29, 1.82) is 0 Å². The zero-order valence-electron chi connectivity index (χ0n) is 9.79. The molecular weight excluding hydrogens is 182 g/mol. The molecular formula is C14H21N. The fraction of sp³-hybridized carbons (Fsp3) is 0.571. The van der Waals surface area contributed by atoms with Crippen LogP contribution in [0.1, 0.15) is 49.4 Å². The van der Waals surface area contributed by atoms with Gasteiger partial charge in [0.1, 0.15) is 0 Å². The van der Waals surface area contributed by atoms with Crippen molar-refractivity contribution in [1.82, 2.24) is 0 Å². The van der Waals surface area contributed by atoms with E-state index in [0.717, 1.165) is 18.8 Å². The molecule has 0 heterocycles. The van der Waals surface area contributed by atoms with E-state index in [1.54, 1.807) is 0 Å². The molecule has 0 amide bonds. The lowest BCUT2D eigenvalue weighted by atomic mass is 9.95. The molecule has 0 saturated heterocycles. The summed E-state index contributed by atoms with van der Waals surface area (Å²) in [6.07, 6.45) is 4.73. The van der Waals surface area contributed by atoms with Gasteiger partial charge in [-0.3, -0.25) is 0 Å². The van der Waals surface area contributed by atoms with Crippen molar-refractivity contribution in [3.05, 3.63) is 34.9 Å². The minimum atomic E-state index is 0.254. The maximum atomic E-state index is 6.26. The molecule has 0 saturated carbocycles. The van der Waals surface area contributed by atoms with Gasteiger partial charge in [0, 0.05) is 6.04 Å². The topological polar surface area (TPSA) is 26.0 Å². The summed E-state index contributed by atoms with van der Waals surface area (Å²) in [6.45, 7) is 4.51. The first-order chi connectivity index (χ1) is 7.20. The van der Waals surface area contributed by atoms with Crippen LogP contribution in [-0.2, 0) is 12.8 Å². The lowest BCUT2D eigenvalue weighted by molar-refractivity contribution is 0.464. The van der Waals surface area contributed by atoms with Crippen LogP contribution in [0.25, 0.3) is 0 Å². The van der Waals surface area contributed by atoms with Crippen LogP contribution < -0.4 is 5.73 Å². The third-order valence-electron chi connectivity index (χ3n) is 3.58. The Morgan fingerprint density at radius 1 is 1.40 bits per heavy atom. The van der Waals surface area contributed by atoms with E-state index in [4.69, 9.17) is 5.73 Å². The summed E-state index contributed by atoms with van der Waals surface area (Å²) in [4.78, 5) is 0. The van der Waals surface area contributed by atoms with E-state index in [9.17, 15) is 0 Å². The van der Waals surface area contributed by atoms with Crippen LogP contribution in [0.3, 0.4) is 0 Å². The fourth-order valence-electron chi connectivity index (χ4n) is 2.52. The van der Waals surface area contributed by atoms with E-state index >= 15 is 0 Å². The fourth-order valence-corrected chi connectivity index (χ4v) is 2.52. The maximum absolute atomic E-state index is 6.26. The van der Waals surface area contributed by atoms with Gasteiger partial charge in [-0.05, 0) is 48.3 Å². The molecule has 1 nitrogen and oxygen atoms in total. The van der Waals surface area contributed by atoms with Crippen LogP contribution in [0, 0.1) is 5.92 Å². The highest BCUT2D eigenvalue weighted by molar-refractivity contribution is 5.35. The summed E-state index contributed by atoms with van der Waals surface area (Å²) in [6, 6.07) is 7.11. The average Bonchev–Trinajstić information content (AvgIpc) is 2.38. The third kappa shape index (κ3) is 2.23. The number of fused-ring (bicyclic) bond motifs is 1. The van der Waals surface area contributed by atoms with Gasteiger partial charge in [0.2, 0.25) is 0 Å². The van der Waals surface area contributed by atoms with Crippen LogP contribution in [0.5, 0.6) is 0 Å². The highest BCUT2D eigenvalue weighted by atomic mass is 14.6. The first-order valence-electron chi connectivity index (χ1n) is 6.08. The predicted octanol–water partition coefficient (Wildman–Crippen LogP) is 3.22. The Kier molecular flexibility index (Phi) is 3.11. The molecule has 1 aliphatic carbocycles. The molecule has 2 atom stereocenters. The van der Waals surface area contributed by atoms with Gasteiger partial charge in [0.25, 0.3) is 0 Å². The summed E-state index contributed by atoms with van der Waals surface area (Å²) in [5, 5.41) is 0. The van der Waals surface area contributed by atoms with Gasteiger partial charge in [-0.25, -0.2) is 0 Å². The van der Waals surface area contributed by atoms with Gasteiger partial charge in [0.15, 0.2) is 0 Å². The minimum Gasteiger partial charge on any atom is -0.324 e. The summed E-state index contributed by atoms with van der Waals surface area (Å²) >= 11 is 0. The largest absolute Gasteiger partial charge is 0.324 e. The van der Waals surface area contributed by atoms with Crippen LogP contribution >= 0.6 is 0 Å². The van der Waals surface area contributed by atoms with E-state index in [1.807, 2.05) is 0 Å². The zero-order chi connectivity index (χ0) is 10.8. The first-order valence-corrected chi connectivity index (χ1v) is 6.08. The van der Waals surface area contributed by atoms with Gasteiger partial charge in [-0.15, -0.1) is 0 Å². The Balaban J connectivity index is 2.36. The van der Waals surface area contributed by atoms with Crippen molar-refractivity contribution in [2.45, 2.75) is 45.6 Å². The number of rotatable bonds is 1. The Bertz CT molecular complexity index is 343. The number of benzene rings is 1. The SMILES string of the molecule is CCc1ccc2c(c1)C(N)CC(C)CC2. The Morgan fingerprint density at radius 3 is 2.93 bits per heavy atom. The predicted molar refractivity (Wildman–Crippen MR) is 64.9 cm³/mol. The number of aryl methyl sites for hydroxylation is 2. The molecule has 0 aromatic heterocycles. The minimum absolute atomic E-state index is 0.254. The van der Waals surface area contributed by atoms with Crippen molar-refractivity contribution in [3.8, 4) is 0 Å². The first kappa shape index (κ1) is 10.7. The van der Waals surface area contributed by atoms with Crippen LogP contribution in [0.15, 0.2) is 18.2 Å². The summed E-state index contributed by atoms with van der Waals surface area (Å²) in [5.41, 5.74) is 10.6. The molecule has 0 radical (unpaired) electrons. The molecule has 2 N–H and O–H groups in total. The second kappa shape index (κ2) is 4.36. The van der Waals surface area contributed by atoms with E-state index < -0.39 is 0 Å². The Hall–Kier alpha value is -0.820. The third-order valence-corrected chi connectivity index (χ3v) is 3.58. The molecule has 1 aromatic rings. The second-order valence-corrected chi connectivity index (χ2v) is 4.87. The molecule has 1 aliphatic rings. The molecule has 0 spiro atoms. The second-order valence-electron chi connectivity index (χ2n) is 4.87. The van der Waals surface area contributed by atoms with Gasteiger partial charge >= 0.3 is 0 Å². The Morgan fingerprint density at radius 2 is 2.20 bits per heavy atom. The molecule has 0 fully saturated rings. The molecule has 15 heavy (non-hydrogen) atoms. The number of hydrogen-bond acceptors (Lipinski definition) is 1. The summed E-state index contributed by atoms with van der Waals surface area (Å²) in [5.74, 6) is 0.762. The highest BCUT2D eigenvalue weighted by Crippen LogP contribution is 2.30. The van der Waals surface area contributed by atoms with Crippen LogP contribution in [0.2, 0.25) is 0 Å². The zero-order valence-corrected chi connectivity index (χ0v) is 9.79. The number of nitrogens with two attached hydrogens (primary N) is 1. The van der Waals surface area contributed by atoms with Crippen LogP contribution in [0.4, 0.5) is 0 Å². The van der Waals surface area contributed by atoms with Crippen molar-refractivity contribution in [2.24, 2.45) is 11.7 Å². The average molecular weight is 203 g/mol. The van der Waals surface area contributed by atoms with Crippen molar-refractivity contribution in [3.63, 3.8) is 0 Å². The standard InChI is InChI=1S/C14H21N/c1-3-11-5-7-12-6-4-10(2)8-14(15)13(12)9-11/h5,7,9-10,14H,3-4,6,8,15H2,1-2H3. The normalized spacial score (nSPS) is 25.8. The van der Waals surface area contributed by atoms with E-state index in [2.05, 4.69) is 32.0 Å². The monoisotopic (exact) mass is 203 g/mol. The number of hydrogen-bond donors (Lipinski definition) is 1. The molecule has 0 bridgehead atoms. The maximum Gasteiger partial charge on any atom is 0.0300 e. The van der Waals surface area contributed by atoms with E-state index in [0.29, 0.717) is 0 Å². The quantitative estimate of drug-likeness (QED) is 0.697. The van der Waals surface area contributed by atoms with Gasteiger partial charge in [-0.1, -0.05) is 32.0 Å². The van der Waals surface area contributed by atoms with E-state index in [1.165, 1.54) is 29.5 Å². The lowest BCUT2D eigenvalue weighted by Crippen LogP contribution is -2.13. The van der Waals surface area contributed by atoms with Crippen molar-refractivity contribution >= 4 is 0 Å². The Labute approximate surface area is 92.7 Å². The summed E-state index contributed by atoms with van der Waals surface area (Å²) < 4.78 is 0. The molecule has 2 unspecified atom stereocenters. The molecule has 2 rings (SSSR count). The molecule has 1 heteroatoms. The smallest absolute Gasteiger partial charge is 0.0300 e. The van der Waals surface area contributed by atoms with Gasteiger partial charge in [0.05, 0.1) is 0 Å². The van der Waals surface area contributed by atoms with Crippen molar-refractivity contribution in [2.75, 3.05) is 0 Å². The molecule has 0 aliphatic heterocycles. The van der Waals surface area contributed by atoms with Crippen LogP contribution in [-0.4, -0.2) is 0 Å². The van der Waals surface area contributed by atoms with E-state index in [-0.39, 0.29) is 6.04 Å². The molecule has 82 valence electrons.